The Bertz CT molecular complexity index is 4090. The molecule has 9 rings (SSSR count). The van der Waals surface area contributed by atoms with Gasteiger partial charge in [0.1, 0.15) is 76.9 Å². The molecule has 0 radical (unpaired) electrons. The molecule has 9 amide bonds. The molecule has 0 spiro atoms. The molecule has 1 fully saturated rings. The minimum absolute atomic E-state index is 0.0198. The van der Waals surface area contributed by atoms with Crippen LogP contribution in [0.15, 0.2) is 104 Å². The van der Waals surface area contributed by atoms with Gasteiger partial charge in [-0.3, -0.25) is 47.9 Å². The van der Waals surface area contributed by atoms with Gasteiger partial charge in [-0.2, -0.15) is 23.5 Å². The monoisotopic (exact) mass is 1460 g/mol. The smallest absolute Gasteiger partial charge is 0.305 e. The molecule has 0 saturated carbocycles. The van der Waals surface area contributed by atoms with Gasteiger partial charge in [0.15, 0.2) is 0 Å². The highest BCUT2D eigenvalue weighted by atomic mass is 32.2. The number of nitrogens with one attached hydrogen (secondary N) is 10. The van der Waals surface area contributed by atoms with Crippen LogP contribution in [-0.2, 0) is 85.1 Å². The number of ether oxygens (including phenoxy) is 1. The third-order valence-electron chi connectivity index (χ3n) is 18.3. The van der Waals surface area contributed by atoms with E-state index in [1.165, 1.54) is 104 Å². The van der Waals surface area contributed by atoms with E-state index in [2.05, 4.69) is 57.5 Å². The number of unbranched alkanes of at least 4 members (excludes halogenated alkanes) is 1. The zero-order valence-electron chi connectivity index (χ0n) is 58.0. The van der Waals surface area contributed by atoms with Crippen LogP contribution in [-0.4, -0.2) is 189 Å². The molecular weight excluding hydrogens is 1370 g/mol. The molecule has 1 aliphatic carbocycles. The van der Waals surface area contributed by atoms with Gasteiger partial charge in [-0.1, -0.05) is 30.3 Å². The highest BCUT2D eigenvalue weighted by molar-refractivity contribution is 7.98. The molecule has 2 aliphatic heterocycles. The van der Waals surface area contributed by atoms with Crippen molar-refractivity contribution in [3.8, 4) is 5.75 Å². The number of thioether (sulfide) groups is 2. The number of carbonyl (C=O) groups excluding carboxylic acids is 9. The molecule has 6 aromatic rings. The predicted octanol–water partition coefficient (Wildman–Crippen LogP) is 5.06. The van der Waals surface area contributed by atoms with Crippen molar-refractivity contribution in [1.82, 2.24) is 67.3 Å². The number of hydrogen-bond donors (Lipinski definition) is 11. The average Bonchev–Trinajstić information content (AvgIpc) is 1.59. The Balaban J connectivity index is 1.06. The number of aromatic amines is 2. The van der Waals surface area contributed by atoms with Gasteiger partial charge in [0.25, 0.3) is 0 Å². The van der Waals surface area contributed by atoms with E-state index in [-0.39, 0.29) is 68.4 Å². The minimum Gasteiger partial charge on any atom is -0.497 e. The zero-order valence-corrected chi connectivity index (χ0v) is 59.7. The van der Waals surface area contributed by atoms with E-state index >= 15 is 28.0 Å². The molecule has 30 heteroatoms. The largest absolute Gasteiger partial charge is 0.497 e. The molecule has 103 heavy (non-hydrogen) atoms. The summed E-state index contributed by atoms with van der Waals surface area (Å²) >= 11 is 2.83. The molecule has 550 valence electrons. The number of halogens is 3. The van der Waals surface area contributed by atoms with Crippen molar-refractivity contribution in [2.45, 2.75) is 150 Å². The van der Waals surface area contributed by atoms with E-state index in [4.69, 9.17) is 4.74 Å². The number of amides is 9. The van der Waals surface area contributed by atoms with Crippen molar-refractivity contribution in [3.63, 3.8) is 0 Å². The van der Waals surface area contributed by atoms with E-state index in [1.54, 1.807) is 43.3 Å². The van der Waals surface area contributed by atoms with Crippen molar-refractivity contribution < 1.29 is 71.0 Å². The maximum absolute atomic E-state index is 15.2. The molecule has 4 heterocycles. The fraction of sp³-hybridized carbons (Fsp3) is 0.438. The summed E-state index contributed by atoms with van der Waals surface area (Å²) in [7, 11) is 5.27. The first-order valence-corrected chi connectivity index (χ1v) is 36.5. The lowest BCUT2D eigenvalue weighted by Crippen LogP contribution is -2.62. The first-order valence-electron chi connectivity index (χ1n) is 34.2. The molecule has 8 atom stereocenters. The second kappa shape index (κ2) is 36.5. The third kappa shape index (κ3) is 21.7. The summed E-state index contributed by atoms with van der Waals surface area (Å²) in [4.78, 5) is 159. The molecule has 3 aliphatic rings. The Kier molecular flexibility index (Phi) is 27.4. The van der Waals surface area contributed by atoms with Crippen molar-refractivity contribution in [2.75, 3.05) is 52.3 Å². The van der Waals surface area contributed by atoms with Gasteiger partial charge < -0.3 is 72.1 Å². The Morgan fingerprint density at radius 2 is 1.33 bits per heavy atom. The quantitative estimate of drug-likeness (QED) is 0.0564. The lowest BCUT2D eigenvalue weighted by molar-refractivity contribution is -0.146. The average molecular weight is 1460 g/mol. The summed E-state index contributed by atoms with van der Waals surface area (Å²) < 4.78 is 50.5. The maximum Gasteiger partial charge on any atom is 0.305 e. The van der Waals surface area contributed by atoms with Gasteiger partial charge in [0.2, 0.25) is 53.2 Å². The standard InChI is InChI=1S/C73H88F3N13O12S2/c1-42-65(93)83-57(33-47-13-12-46-14-15-49(74)35-53(46)47)67(95)84-58(34-48-39-80-55-19-16-50(75)36-54(48)55)68(96)86-60(38-64(91)92)70(98)85-59(37-62-77-22-23-78-62)69(97)87-61(32-43-10-17-52(101-5)18-11-43)71(99)89-26-8-21-73(89,2)72(100)79-24-28-103-41-45-29-44(30-51(76)31-45)40-102-27-20-63(90)82-56(66(94)81-42)9-6-7-25-88(3)4/h10-11,13-19,22-23,29-31,35-36,39,42,56-61,80H,6-9,12,20-21,24-28,32-34,37-38,40-41H2,1-5H3,(H,77,78)(H,79,100)(H,81,94)(H,82,90)(H,83,93)(H,84,95)(H,85,98)(H,86,96)(H,87,97)(H,91,92)/t42-,56+,57+,58+,59+,60+,61+,73+/m1/s1. The summed E-state index contributed by atoms with van der Waals surface area (Å²) in [6.45, 7) is 3.98. The number of hydrogen-bond acceptors (Lipinski definition) is 15. The Labute approximate surface area is 603 Å². The van der Waals surface area contributed by atoms with E-state index < -0.39 is 137 Å². The van der Waals surface area contributed by atoms with Gasteiger partial charge in [0.05, 0.1) is 13.5 Å². The second-order valence-electron chi connectivity index (χ2n) is 26.4. The van der Waals surface area contributed by atoms with Crippen LogP contribution < -0.4 is 47.3 Å². The van der Waals surface area contributed by atoms with Gasteiger partial charge in [-0.25, -0.2) is 18.2 Å². The predicted molar refractivity (Wildman–Crippen MR) is 383 cm³/mol. The molecule has 2 bridgehead atoms. The first-order chi connectivity index (χ1) is 49.3. The van der Waals surface area contributed by atoms with E-state index in [0.29, 0.717) is 99.9 Å². The normalized spacial score (nSPS) is 23.0. The number of benzene rings is 4. The highest BCUT2D eigenvalue weighted by Gasteiger charge is 2.48. The maximum atomic E-state index is 15.2. The summed E-state index contributed by atoms with van der Waals surface area (Å²) in [5.41, 5.74) is 2.78. The number of carbonyl (C=O) groups is 10. The van der Waals surface area contributed by atoms with Gasteiger partial charge >= 0.3 is 5.97 Å². The molecule has 11 N–H and O–H groups in total. The summed E-state index contributed by atoms with van der Waals surface area (Å²) in [6, 6.07) is 8.42. The van der Waals surface area contributed by atoms with E-state index in [1.807, 2.05) is 25.1 Å². The Morgan fingerprint density at radius 1 is 0.689 bits per heavy atom. The number of imidazole rings is 1. The van der Waals surface area contributed by atoms with Crippen LogP contribution in [0.2, 0.25) is 0 Å². The van der Waals surface area contributed by atoms with Crippen molar-refractivity contribution in [2.24, 2.45) is 0 Å². The number of allylic oxidation sites excluding steroid dienone is 1. The number of H-pyrrole nitrogens is 2. The number of carboxylic acid groups (broad SMARTS) is 1. The molecule has 25 nitrogen and oxygen atoms in total. The van der Waals surface area contributed by atoms with E-state index in [0.717, 1.165) is 0 Å². The lowest BCUT2D eigenvalue weighted by atomic mass is 9.95. The zero-order chi connectivity index (χ0) is 73.9. The lowest BCUT2D eigenvalue weighted by Gasteiger charge is -2.36. The molecule has 2 aromatic heterocycles. The number of aliphatic carboxylic acids is 1. The number of carboxylic acids is 1. The minimum atomic E-state index is -2.01. The highest BCUT2D eigenvalue weighted by Crippen LogP contribution is 2.33. The van der Waals surface area contributed by atoms with Crippen LogP contribution in [0.1, 0.15) is 104 Å². The van der Waals surface area contributed by atoms with Gasteiger partial charge in [-0.15, -0.1) is 0 Å². The molecule has 4 aromatic carbocycles. The second-order valence-corrected chi connectivity index (χ2v) is 28.6. The number of aromatic nitrogens is 3. The summed E-state index contributed by atoms with van der Waals surface area (Å²) in [5, 5.41) is 32.4. The van der Waals surface area contributed by atoms with Crippen LogP contribution in [0.25, 0.3) is 16.5 Å². The molecule has 0 unspecified atom stereocenters. The fourth-order valence-corrected chi connectivity index (χ4v) is 14.5. The Hall–Kier alpha value is -9.68. The van der Waals surface area contributed by atoms with E-state index in [9.17, 15) is 38.3 Å². The fourth-order valence-electron chi connectivity index (χ4n) is 12.8. The molecule has 1 saturated heterocycles. The van der Waals surface area contributed by atoms with Crippen LogP contribution >= 0.6 is 23.5 Å². The SMILES string of the molecule is COc1ccc(C[C@@H]2NC(=O)[C@H](Cc3ncc[nH]3)NC(=O)[C@H](CC(=O)O)NC(=O)[C@H](Cc3c[nH]c4ccc(F)cc34)NC(=O)[C@H](CC3=CCc4ccc(F)cc43)NC(=O)[C@@H](C)NC(=O)[C@H](CCCCN(C)C)NC(=O)CCSCc3cc(F)cc(c3)CSCCNC(=O)[C@]3(C)CCCN3C2=O)cc1. The van der Waals surface area contributed by atoms with Crippen LogP contribution in [0.4, 0.5) is 13.2 Å². The van der Waals surface area contributed by atoms with Crippen molar-refractivity contribution in [3.05, 3.63) is 160 Å². The van der Waals surface area contributed by atoms with Crippen molar-refractivity contribution in [1.29, 1.82) is 0 Å². The number of rotatable bonds is 16. The molecular formula is C73H88F3N13O12S2. The third-order valence-corrected chi connectivity index (χ3v) is 20.4. The number of methoxy groups -OCH3 is 1. The first kappa shape index (κ1) is 77.5. The number of nitrogens with zero attached hydrogens (tertiary/aromatic N) is 3. The summed E-state index contributed by atoms with van der Waals surface area (Å²) in [6.07, 6.45) is 6.00. The van der Waals surface area contributed by atoms with Crippen LogP contribution in [0.5, 0.6) is 5.75 Å². The van der Waals surface area contributed by atoms with Crippen LogP contribution in [0, 0.1) is 17.5 Å². The van der Waals surface area contributed by atoms with Crippen molar-refractivity contribution >= 4 is 99.1 Å². The van der Waals surface area contributed by atoms with Gasteiger partial charge in [-0.05, 0) is 167 Å². The summed E-state index contributed by atoms with van der Waals surface area (Å²) in [5.74, 6) is -8.67. The van der Waals surface area contributed by atoms with Gasteiger partial charge in [0, 0.05) is 97.7 Å². The van der Waals surface area contributed by atoms with Crippen LogP contribution in [0.3, 0.4) is 0 Å². The number of fused-ring (bicyclic) bond motifs is 5. The Morgan fingerprint density at radius 3 is 2.02 bits per heavy atom. The topological polar surface area (TPSA) is 347 Å².